The van der Waals surface area contributed by atoms with Gasteiger partial charge in [-0.3, -0.25) is 4.79 Å². The lowest BCUT2D eigenvalue weighted by Crippen LogP contribution is -2.35. The molecule has 0 saturated heterocycles. The average molecular weight is 483 g/mol. The van der Waals surface area contributed by atoms with Gasteiger partial charge in [0.2, 0.25) is 0 Å². The fourth-order valence-electron chi connectivity index (χ4n) is 3.01. The van der Waals surface area contributed by atoms with Gasteiger partial charge in [0, 0.05) is 0 Å². The first kappa shape index (κ1) is 22.8. The fourth-order valence-corrected chi connectivity index (χ4v) is 3.59. The van der Waals surface area contributed by atoms with Gasteiger partial charge in [0.15, 0.2) is 6.10 Å². The van der Waals surface area contributed by atoms with Crippen molar-refractivity contribution >= 4 is 38.8 Å². The van der Waals surface area contributed by atoms with Crippen LogP contribution in [0.3, 0.4) is 0 Å². The molecule has 0 fully saturated rings. The Hall–Kier alpha value is -2.86. The fraction of sp³-hybridized carbons (Fsp3) is 0.280. The molecule has 1 amide bonds. The molecule has 6 heteroatoms. The van der Waals surface area contributed by atoms with E-state index in [1.165, 1.54) is 0 Å². The van der Waals surface area contributed by atoms with Crippen molar-refractivity contribution in [3.8, 4) is 11.5 Å². The van der Waals surface area contributed by atoms with E-state index in [-0.39, 0.29) is 5.91 Å². The zero-order valence-corrected chi connectivity index (χ0v) is 19.4. The second-order valence-corrected chi connectivity index (χ2v) is 7.91. The number of nitrogens with zero attached hydrogens (tertiary/aromatic N) is 1. The predicted molar refractivity (Wildman–Crippen MR) is 129 cm³/mol. The highest BCUT2D eigenvalue weighted by Crippen LogP contribution is 2.33. The zero-order chi connectivity index (χ0) is 22.1. The van der Waals surface area contributed by atoms with Crippen LogP contribution in [0, 0.1) is 0 Å². The minimum absolute atomic E-state index is 0.293. The topological polar surface area (TPSA) is 59.9 Å². The lowest BCUT2D eigenvalue weighted by Gasteiger charge is -2.17. The van der Waals surface area contributed by atoms with Gasteiger partial charge in [0.1, 0.15) is 11.5 Å². The number of hydrogen-bond donors (Lipinski definition) is 1. The second-order valence-electron chi connectivity index (χ2n) is 7.12. The number of carbonyl (C=O) groups excluding carboxylic acids is 1. The molecule has 1 N–H and O–H groups in total. The summed E-state index contributed by atoms with van der Waals surface area (Å²) in [6, 6.07) is 19.5. The van der Waals surface area contributed by atoms with Crippen LogP contribution >= 0.6 is 15.9 Å². The normalized spacial score (nSPS) is 12.1. The molecule has 1 atom stereocenters. The maximum absolute atomic E-state index is 12.6. The molecule has 31 heavy (non-hydrogen) atoms. The largest absolute Gasteiger partial charge is 0.494 e. The minimum Gasteiger partial charge on any atom is -0.494 e. The van der Waals surface area contributed by atoms with E-state index < -0.39 is 6.10 Å². The van der Waals surface area contributed by atoms with Gasteiger partial charge in [0.25, 0.3) is 5.91 Å². The maximum Gasteiger partial charge on any atom is 0.281 e. The summed E-state index contributed by atoms with van der Waals surface area (Å²) >= 11 is 3.60. The third-order valence-electron chi connectivity index (χ3n) is 4.80. The predicted octanol–water partition coefficient (Wildman–Crippen LogP) is 6.09. The van der Waals surface area contributed by atoms with E-state index >= 15 is 0 Å². The van der Waals surface area contributed by atoms with Crippen LogP contribution in [-0.2, 0) is 4.79 Å². The lowest BCUT2D eigenvalue weighted by molar-refractivity contribution is -0.128. The summed E-state index contributed by atoms with van der Waals surface area (Å²) in [5.41, 5.74) is 3.44. The Morgan fingerprint density at radius 1 is 1.10 bits per heavy atom. The number of unbranched alkanes of at least 4 members (excludes halogenated alkanes) is 1. The van der Waals surface area contributed by atoms with Crippen LogP contribution in [0.4, 0.5) is 0 Å². The Labute approximate surface area is 191 Å². The van der Waals surface area contributed by atoms with Gasteiger partial charge in [-0.05, 0) is 75.4 Å². The molecule has 1 unspecified atom stereocenters. The maximum atomic E-state index is 12.6. The third-order valence-corrected chi connectivity index (χ3v) is 5.61. The molecule has 3 rings (SSSR count). The van der Waals surface area contributed by atoms with Crippen LogP contribution in [0.25, 0.3) is 10.8 Å². The van der Waals surface area contributed by atoms with E-state index in [1.54, 1.807) is 6.21 Å². The molecule has 162 valence electrons. The van der Waals surface area contributed by atoms with Crippen LogP contribution in [0.1, 0.15) is 38.7 Å². The van der Waals surface area contributed by atoms with Gasteiger partial charge in [-0.2, -0.15) is 5.10 Å². The monoisotopic (exact) mass is 482 g/mol. The second kappa shape index (κ2) is 11.5. The molecular weight excluding hydrogens is 456 g/mol. The van der Waals surface area contributed by atoms with Gasteiger partial charge < -0.3 is 9.47 Å². The van der Waals surface area contributed by atoms with Crippen molar-refractivity contribution in [1.29, 1.82) is 0 Å². The number of benzene rings is 3. The number of amides is 1. The molecule has 5 nitrogen and oxygen atoms in total. The Kier molecular flexibility index (Phi) is 8.47. The molecule has 0 heterocycles. The number of ether oxygens (including phenoxy) is 2. The van der Waals surface area contributed by atoms with Crippen molar-refractivity contribution < 1.29 is 14.3 Å². The number of nitrogens with one attached hydrogen (secondary N) is 1. The highest BCUT2D eigenvalue weighted by atomic mass is 79.9. The summed E-state index contributed by atoms with van der Waals surface area (Å²) < 4.78 is 12.5. The lowest BCUT2D eigenvalue weighted by atomic mass is 10.1. The highest BCUT2D eigenvalue weighted by molar-refractivity contribution is 9.10. The van der Waals surface area contributed by atoms with E-state index in [2.05, 4.69) is 33.4 Å². The summed E-state index contributed by atoms with van der Waals surface area (Å²) in [4.78, 5) is 12.6. The molecule has 0 aliphatic rings. The van der Waals surface area contributed by atoms with E-state index in [1.807, 2.05) is 67.6 Å². The van der Waals surface area contributed by atoms with Crippen LogP contribution < -0.4 is 14.9 Å². The van der Waals surface area contributed by atoms with Crippen molar-refractivity contribution in [1.82, 2.24) is 5.43 Å². The third kappa shape index (κ3) is 6.31. The van der Waals surface area contributed by atoms with Gasteiger partial charge in [-0.25, -0.2) is 5.43 Å². The van der Waals surface area contributed by atoms with E-state index in [0.29, 0.717) is 18.8 Å². The number of fused-ring (bicyclic) bond motifs is 1. The van der Waals surface area contributed by atoms with E-state index in [0.717, 1.165) is 39.4 Å². The number of rotatable bonds is 10. The van der Waals surface area contributed by atoms with Crippen molar-refractivity contribution in [2.45, 2.75) is 39.2 Å². The number of carbonyl (C=O) groups is 1. The highest BCUT2D eigenvalue weighted by Gasteiger charge is 2.19. The van der Waals surface area contributed by atoms with Crippen LogP contribution in [0.2, 0.25) is 0 Å². The number of halogens is 1. The summed E-state index contributed by atoms with van der Waals surface area (Å²) in [5.74, 6) is 1.16. The Bertz CT molecular complexity index is 1030. The Morgan fingerprint density at radius 3 is 2.61 bits per heavy atom. The van der Waals surface area contributed by atoms with Gasteiger partial charge in [-0.15, -0.1) is 0 Å². The van der Waals surface area contributed by atoms with Crippen LogP contribution in [0.15, 0.2) is 70.2 Å². The molecule has 0 bridgehead atoms. The molecule has 3 aromatic carbocycles. The molecule has 0 aliphatic heterocycles. The zero-order valence-electron chi connectivity index (χ0n) is 17.8. The van der Waals surface area contributed by atoms with E-state index in [9.17, 15) is 4.79 Å². The Morgan fingerprint density at radius 2 is 1.87 bits per heavy atom. The van der Waals surface area contributed by atoms with Gasteiger partial charge in [-0.1, -0.05) is 50.6 Å². The van der Waals surface area contributed by atoms with Crippen molar-refractivity contribution in [3.63, 3.8) is 0 Å². The quantitative estimate of drug-likeness (QED) is 0.216. The molecule has 0 aromatic heterocycles. The van der Waals surface area contributed by atoms with Crippen LogP contribution in [-0.4, -0.2) is 24.8 Å². The van der Waals surface area contributed by atoms with Crippen molar-refractivity contribution in [3.05, 3.63) is 70.7 Å². The molecule has 0 spiro atoms. The summed E-state index contributed by atoms with van der Waals surface area (Å²) in [5, 5.41) is 6.21. The van der Waals surface area contributed by atoms with Crippen molar-refractivity contribution in [2.24, 2.45) is 5.10 Å². The first-order chi connectivity index (χ1) is 15.1. The first-order valence-corrected chi connectivity index (χ1v) is 11.3. The molecule has 0 aliphatic carbocycles. The summed E-state index contributed by atoms with van der Waals surface area (Å²) in [6.07, 6.45) is 3.61. The van der Waals surface area contributed by atoms with Gasteiger partial charge in [0.05, 0.1) is 17.3 Å². The first-order valence-electron chi connectivity index (χ1n) is 10.5. The summed E-state index contributed by atoms with van der Waals surface area (Å²) in [7, 11) is 0. The van der Waals surface area contributed by atoms with Crippen molar-refractivity contribution in [2.75, 3.05) is 6.61 Å². The minimum atomic E-state index is -0.649. The molecule has 0 radical (unpaired) electrons. The SMILES string of the molecule is CCCCOc1ccc(C=NNC(=O)C(CC)Oc2ccc3ccccc3c2Br)cc1. The molecule has 3 aromatic rings. The number of hydrazone groups is 1. The Balaban J connectivity index is 1.58. The standard InChI is InChI=1S/C25H27BrN2O3/c1-3-5-16-30-20-13-10-18(11-14-20)17-27-28-25(29)22(4-2)31-23-15-12-19-8-6-7-9-21(19)24(23)26/h6-15,17,22H,3-5,16H2,1-2H3,(H,28,29). The average Bonchev–Trinajstić information content (AvgIpc) is 2.80. The van der Waals surface area contributed by atoms with Gasteiger partial charge >= 0.3 is 0 Å². The number of hydrogen-bond acceptors (Lipinski definition) is 4. The van der Waals surface area contributed by atoms with Crippen LogP contribution in [0.5, 0.6) is 11.5 Å². The van der Waals surface area contributed by atoms with E-state index in [4.69, 9.17) is 9.47 Å². The molecular formula is C25H27BrN2O3. The molecule has 0 saturated carbocycles. The summed E-state index contributed by atoms with van der Waals surface area (Å²) in [6.45, 7) is 4.75. The smallest absolute Gasteiger partial charge is 0.281 e.